The number of halogens is 1. The number of rotatable bonds is 2. The predicted molar refractivity (Wildman–Crippen MR) is 89.1 cm³/mol. The number of nitrogens with zero attached hydrogens (tertiary/aromatic N) is 1. The highest BCUT2D eigenvalue weighted by molar-refractivity contribution is 6.33. The van der Waals surface area contributed by atoms with Crippen LogP contribution in [0.25, 0.3) is 10.8 Å². The third-order valence-corrected chi connectivity index (χ3v) is 3.70. The van der Waals surface area contributed by atoms with Gasteiger partial charge in [0.25, 0.3) is 0 Å². The normalized spacial score (nSPS) is 11.3. The average Bonchev–Trinajstić information content (AvgIpc) is 2.50. The lowest BCUT2D eigenvalue weighted by atomic mass is 10.1. The Morgan fingerprint density at radius 3 is 2.71 bits per heavy atom. The maximum absolute atomic E-state index is 10.3. The molecule has 0 saturated carbocycles. The fourth-order valence-corrected chi connectivity index (χ4v) is 2.40. The number of benzene rings is 3. The molecule has 0 amide bonds. The Hall–Kier alpha value is -2.32. The summed E-state index contributed by atoms with van der Waals surface area (Å²) in [5.41, 5.74) is 2.46. The smallest absolute Gasteiger partial charge is 0.132 e. The quantitative estimate of drug-likeness (QED) is 0.643. The van der Waals surface area contributed by atoms with Crippen LogP contribution in [0, 0.1) is 6.92 Å². The SMILES string of the molecule is Cc1ccc(Cl)c(N=Cc2ccc3ccccc3c2O)c1. The van der Waals surface area contributed by atoms with E-state index in [0.29, 0.717) is 16.3 Å². The van der Waals surface area contributed by atoms with Gasteiger partial charge in [0, 0.05) is 17.2 Å². The van der Waals surface area contributed by atoms with Crippen LogP contribution in [-0.4, -0.2) is 11.3 Å². The Balaban J connectivity index is 2.03. The molecule has 3 heteroatoms. The third kappa shape index (κ3) is 2.76. The number of fused-ring (bicyclic) bond motifs is 1. The first kappa shape index (κ1) is 13.7. The van der Waals surface area contributed by atoms with E-state index in [1.165, 1.54) is 0 Å². The van der Waals surface area contributed by atoms with E-state index in [1.807, 2.05) is 61.5 Å². The maximum Gasteiger partial charge on any atom is 0.132 e. The Bertz CT molecular complexity index is 840. The molecule has 0 heterocycles. The first-order chi connectivity index (χ1) is 10.1. The van der Waals surface area contributed by atoms with E-state index in [-0.39, 0.29) is 5.75 Å². The van der Waals surface area contributed by atoms with Gasteiger partial charge in [-0.25, -0.2) is 0 Å². The molecule has 104 valence electrons. The van der Waals surface area contributed by atoms with Crippen molar-refractivity contribution in [1.29, 1.82) is 0 Å². The lowest BCUT2D eigenvalue weighted by Gasteiger charge is -2.04. The van der Waals surface area contributed by atoms with Crippen LogP contribution in [0.1, 0.15) is 11.1 Å². The van der Waals surface area contributed by atoms with Gasteiger partial charge in [-0.15, -0.1) is 0 Å². The monoisotopic (exact) mass is 295 g/mol. The highest BCUT2D eigenvalue weighted by Gasteiger charge is 2.04. The van der Waals surface area contributed by atoms with Gasteiger partial charge in [-0.05, 0) is 36.1 Å². The minimum absolute atomic E-state index is 0.237. The fourth-order valence-electron chi connectivity index (χ4n) is 2.24. The number of aryl methyl sites for hydroxylation is 1. The van der Waals surface area contributed by atoms with Crippen molar-refractivity contribution in [3.05, 3.63) is 70.7 Å². The van der Waals surface area contributed by atoms with Gasteiger partial charge in [0.2, 0.25) is 0 Å². The van der Waals surface area contributed by atoms with E-state index in [2.05, 4.69) is 4.99 Å². The third-order valence-electron chi connectivity index (χ3n) is 3.38. The van der Waals surface area contributed by atoms with Gasteiger partial charge in [-0.2, -0.15) is 0 Å². The van der Waals surface area contributed by atoms with Crippen molar-refractivity contribution >= 4 is 34.3 Å². The second-order valence-electron chi connectivity index (χ2n) is 4.94. The summed E-state index contributed by atoms with van der Waals surface area (Å²) in [6.07, 6.45) is 1.64. The zero-order chi connectivity index (χ0) is 14.8. The van der Waals surface area contributed by atoms with E-state index in [0.717, 1.165) is 16.3 Å². The molecule has 0 radical (unpaired) electrons. The number of phenols is 1. The number of hydrogen-bond acceptors (Lipinski definition) is 2. The minimum atomic E-state index is 0.237. The van der Waals surface area contributed by atoms with Crippen molar-refractivity contribution in [3.8, 4) is 5.75 Å². The predicted octanol–water partition coefficient (Wildman–Crippen LogP) is 5.26. The van der Waals surface area contributed by atoms with Gasteiger partial charge in [-0.1, -0.05) is 48.0 Å². The lowest BCUT2D eigenvalue weighted by molar-refractivity contribution is 0.481. The fraction of sp³-hybridized carbons (Fsp3) is 0.0556. The van der Waals surface area contributed by atoms with Crippen LogP contribution >= 0.6 is 11.6 Å². The molecule has 21 heavy (non-hydrogen) atoms. The van der Waals surface area contributed by atoms with Crippen molar-refractivity contribution < 1.29 is 5.11 Å². The zero-order valence-corrected chi connectivity index (χ0v) is 12.3. The largest absolute Gasteiger partial charge is 0.507 e. The van der Waals surface area contributed by atoms with Gasteiger partial charge in [0.15, 0.2) is 0 Å². The molecule has 1 N–H and O–H groups in total. The molecule has 0 unspecified atom stereocenters. The van der Waals surface area contributed by atoms with Crippen molar-refractivity contribution in [2.24, 2.45) is 4.99 Å². The topological polar surface area (TPSA) is 32.6 Å². The van der Waals surface area contributed by atoms with Crippen LogP contribution < -0.4 is 0 Å². The Morgan fingerprint density at radius 1 is 1.05 bits per heavy atom. The van der Waals surface area contributed by atoms with E-state index in [9.17, 15) is 5.11 Å². The molecular weight excluding hydrogens is 282 g/mol. The molecule has 0 atom stereocenters. The number of aliphatic imine (C=N–C) groups is 1. The van der Waals surface area contributed by atoms with Crippen molar-refractivity contribution in [3.63, 3.8) is 0 Å². The molecule has 3 aromatic rings. The zero-order valence-electron chi connectivity index (χ0n) is 11.5. The van der Waals surface area contributed by atoms with Crippen LogP contribution in [-0.2, 0) is 0 Å². The summed E-state index contributed by atoms with van der Waals surface area (Å²) in [5.74, 6) is 0.237. The molecule has 0 fully saturated rings. The van der Waals surface area contributed by atoms with E-state index in [1.54, 1.807) is 6.21 Å². The van der Waals surface area contributed by atoms with Gasteiger partial charge >= 0.3 is 0 Å². The van der Waals surface area contributed by atoms with Crippen LogP contribution in [0.2, 0.25) is 5.02 Å². The van der Waals surface area contributed by atoms with Crippen molar-refractivity contribution in [1.82, 2.24) is 0 Å². The molecule has 0 aliphatic carbocycles. The summed E-state index contributed by atoms with van der Waals surface area (Å²) in [5, 5.41) is 12.7. The lowest BCUT2D eigenvalue weighted by Crippen LogP contribution is -1.84. The molecule has 3 aromatic carbocycles. The molecule has 0 aliphatic rings. The van der Waals surface area contributed by atoms with Crippen LogP contribution in [0.3, 0.4) is 0 Å². The molecule has 0 spiro atoms. The van der Waals surface area contributed by atoms with Crippen molar-refractivity contribution in [2.45, 2.75) is 6.92 Å². The van der Waals surface area contributed by atoms with Crippen molar-refractivity contribution in [2.75, 3.05) is 0 Å². The van der Waals surface area contributed by atoms with E-state index < -0.39 is 0 Å². The standard InChI is InChI=1S/C18H14ClNO/c1-12-6-9-16(19)17(10-12)20-11-14-8-7-13-4-2-3-5-15(13)18(14)21/h2-11,21H,1H3. The van der Waals surface area contributed by atoms with Gasteiger partial charge in [0.05, 0.1) is 10.7 Å². The Morgan fingerprint density at radius 2 is 1.86 bits per heavy atom. The van der Waals surface area contributed by atoms with Crippen LogP contribution in [0.15, 0.2) is 59.6 Å². The number of phenolic OH excluding ortho intramolecular Hbond substituents is 1. The number of aromatic hydroxyl groups is 1. The molecule has 3 rings (SSSR count). The number of hydrogen-bond donors (Lipinski definition) is 1. The second kappa shape index (κ2) is 5.58. The molecule has 0 aliphatic heterocycles. The molecular formula is C18H14ClNO. The molecule has 0 bridgehead atoms. The second-order valence-corrected chi connectivity index (χ2v) is 5.34. The minimum Gasteiger partial charge on any atom is -0.507 e. The highest BCUT2D eigenvalue weighted by Crippen LogP contribution is 2.29. The first-order valence-electron chi connectivity index (χ1n) is 6.66. The van der Waals surface area contributed by atoms with Gasteiger partial charge < -0.3 is 5.11 Å². The Labute approximate surface area is 128 Å². The summed E-state index contributed by atoms with van der Waals surface area (Å²) >= 11 is 6.12. The maximum atomic E-state index is 10.3. The Kier molecular flexibility index (Phi) is 3.63. The van der Waals surface area contributed by atoms with Gasteiger partial charge in [0.1, 0.15) is 5.75 Å². The van der Waals surface area contributed by atoms with Crippen LogP contribution in [0.5, 0.6) is 5.75 Å². The van der Waals surface area contributed by atoms with E-state index in [4.69, 9.17) is 11.6 Å². The average molecular weight is 296 g/mol. The summed E-state index contributed by atoms with van der Waals surface area (Å²) in [4.78, 5) is 4.39. The molecule has 2 nitrogen and oxygen atoms in total. The highest BCUT2D eigenvalue weighted by atomic mass is 35.5. The summed E-state index contributed by atoms with van der Waals surface area (Å²) in [6, 6.07) is 17.2. The molecule has 0 saturated heterocycles. The van der Waals surface area contributed by atoms with Crippen LogP contribution in [0.4, 0.5) is 5.69 Å². The van der Waals surface area contributed by atoms with Gasteiger partial charge in [-0.3, -0.25) is 4.99 Å². The van der Waals surface area contributed by atoms with E-state index >= 15 is 0 Å². The summed E-state index contributed by atoms with van der Waals surface area (Å²) < 4.78 is 0. The summed E-state index contributed by atoms with van der Waals surface area (Å²) in [7, 11) is 0. The first-order valence-corrected chi connectivity index (χ1v) is 7.04. The summed E-state index contributed by atoms with van der Waals surface area (Å²) in [6.45, 7) is 1.99. The molecule has 0 aromatic heterocycles.